The van der Waals surface area contributed by atoms with Crippen molar-refractivity contribution in [3.05, 3.63) is 95.6 Å². The summed E-state index contributed by atoms with van der Waals surface area (Å²) in [6.45, 7) is 2.11. The largest absolute Gasteiger partial charge is 0.448 e. The maximum absolute atomic E-state index is 13.0. The Morgan fingerprint density at radius 3 is 2.03 bits per heavy atom. The van der Waals surface area contributed by atoms with Gasteiger partial charge in [0.25, 0.3) is 0 Å². The number of imide groups is 1. The van der Waals surface area contributed by atoms with Crippen molar-refractivity contribution in [2.45, 2.75) is 31.8 Å². The lowest BCUT2D eigenvalue weighted by atomic mass is 9.98. The van der Waals surface area contributed by atoms with Gasteiger partial charge < -0.3 is 10.5 Å². The molecule has 0 aromatic heterocycles. The van der Waals surface area contributed by atoms with Crippen LogP contribution in [0.25, 0.3) is 11.1 Å². The minimum atomic E-state index is -0.746. The van der Waals surface area contributed by atoms with Gasteiger partial charge in [0.15, 0.2) is 0 Å². The Kier molecular flexibility index (Phi) is 6.14. The van der Waals surface area contributed by atoms with Gasteiger partial charge in [-0.3, -0.25) is 4.79 Å². The normalized spacial score (nSPS) is 13.2. The number of carbonyl (C=O) groups excluding carboxylic acids is 2. The van der Waals surface area contributed by atoms with E-state index in [4.69, 9.17) is 10.5 Å². The van der Waals surface area contributed by atoms with Gasteiger partial charge >= 0.3 is 6.09 Å². The number of carbonyl (C=O) groups is 2. The standard InChI is InChI=1S/C26H26N2O3/c1-2-24(27)25(29)28(16-18-10-4-3-5-11-18)26(30)31-17-23-21-14-8-6-12-19(21)20-13-7-9-15-22(20)23/h3-15,23-24H,2,16-17,27H2,1H3. The van der Waals surface area contributed by atoms with E-state index in [0.29, 0.717) is 6.42 Å². The molecule has 0 spiro atoms. The van der Waals surface area contributed by atoms with Crippen LogP contribution >= 0.6 is 0 Å². The van der Waals surface area contributed by atoms with Gasteiger partial charge in [0.2, 0.25) is 5.91 Å². The van der Waals surface area contributed by atoms with Gasteiger partial charge in [0.1, 0.15) is 6.61 Å². The van der Waals surface area contributed by atoms with Gasteiger partial charge in [0.05, 0.1) is 12.6 Å². The van der Waals surface area contributed by atoms with Crippen molar-refractivity contribution in [1.82, 2.24) is 4.90 Å². The second-order valence-electron chi connectivity index (χ2n) is 7.73. The van der Waals surface area contributed by atoms with Gasteiger partial charge in [-0.15, -0.1) is 0 Å². The number of rotatable bonds is 6. The van der Waals surface area contributed by atoms with Crippen LogP contribution in [-0.4, -0.2) is 29.5 Å². The Morgan fingerprint density at radius 1 is 0.903 bits per heavy atom. The lowest BCUT2D eigenvalue weighted by Crippen LogP contribution is -2.46. The zero-order valence-electron chi connectivity index (χ0n) is 17.5. The Morgan fingerprint density at radius 2 is 1.45 bits per heavy atom. The first-order chi connectivity index (χ1) is 15.1. The molecule has 0 heterocycles. The highest BCUT2D eigenvalue weighted by Gasteiger charge is 2.32. The van der Waals surface area contributed by atoms with Crippen LogP contribution in [0.2, 0.25) is 0 Å². The van der Waals surface area contributed by atoms with Crippen molar-refractivity contribution in [3.63, 3.8) is 0 Å². The number of hydrogen-bond donors (Lipinski definition) is 1. The summed E-state index contributed by atoms with van der Waals surface area (Å²) in [5.41, 5.74) is 11.4. The Bertz CT molecular complexity index is 1040. The summed E-state index contributed by atoms with van der Waals surface area (Å²) in [5.74, 6) is -0.492. The van der Waals surface area contributed by atoms with Gasteiger partial charge in [-0.1, -0.05) is 85.8 Å². The van der Waals surface area contributed by atoms with Crippen LogP contribution in [0.5, 0.6) is 0 Å². The van der Waals surface area contributed by atoms with Gasteiger partial charge in [-0.05, 0) is 34.2 Å². The topological polar surface area (TPSA) is 72.6 Å². The van der Waals surface area contributed by atoms with Crippen molar-refractivity contribution in [1.29, 1.82) is 0 Å². The molecule has 5 heteroatoms. The fourth-order valence-corrected chi connectivity index (χ4v) is 4.05. The van der Waals surface area contributed by atoms with E-state index < -0.39 is 18.0 Å². The molecule has 0 bridgehead atoms. The molecule has 5 nitrogen and oxygen atoms in total. The third kappa shape index (κ3) is 4.23. The molecule has 4 rings (SSSR count). The highest BCUT2D eigenvalue weighted by atomic mass is 16.6. The summed E-state index contributed by atoms with van der Waals surface area (Å²) in [6, 6.07) is 24.9. The average molecular weight is 415 g/mol. The molecule has 0 radical (unpaired) electrons. The molecule has 3 aromatic rings. The van der Waals surface area contributed by atoms with Crippen LogP contribution in [0.3, 0.4) is 0 Å². The predicted molar refractivity (Wildman–Crippen MR) is 120 cm³/mol. The minimum absolute atomic E-state index is 0.0649. The lowest BCUT2D eigenvalue weighted by Gasteiger charge is -2.24. The van der Waals surface area contributed by atoms with E-state index in [0.717, 1.165) is 32.7 Å². The monoisotopic (exact) mass is 414 g/mol. The summed E-state index contributed by atoms with van der Waals surface area (Å²) < 4.78 is 5.70. The van der Waals surface area contributed by atoms with Crippen molar-refractivity contribution in [2.24, 2.45) is 5.73 Å². The van der Waals surface area contributed by atoms with Gasteiger partial charge in [-0.2, -0.15) is 0 Å². The summed E-state index contributed by atoms with van der Waals surface area (Å²) in [7, 11) is 0. The number of benzene rings is 3. The van der Waals surface area contributed by atoms with Crippen molar-refractivity contribution in [2.75, 3.05) is 6.61 Å². The Balaban J connectivity index is 1.54. The van der Waals surface area contributed by atoms with E-state index >= 15 is 0 Å². The third-order valence-electron chi connectivity index (χ3n) is 5.76. The molecule has 1 aliphatic carbocycles. The second kappa shape index (κ2) is 9.14. The number of amides is 2. The number of hydrogen-bond acceptors (Lipinski definition) is 4. The average Bonchev–Trinajstić information content (AvgIpc) is 3.14. The molecule has 1 atom stereocenters. The van der Waals surface area contributed by atoms with E-state index in [9.17, 15) is 9.59 Å². The molecule has 31 heavy (non-hydrogen) atoms. The highest BCUT2D eigenvalue weighted by Crippen LogP contribution is 2.44. The fraction of sp³-hybridized carbons (Fsp3) is 0.231. The van der Waals surface area contributed by atoms with Crippen molar-refractivity contribution in [3.8, 4) is 11.1 Å². The van der Waals surface area contributed by atoms with E-state index in [1.54, 1.807) is 0 Å². The first-order valence-corrected chi connectivity index (χ1v) is 10.6. The van der Waals surface area contributed by atoms with Gasteiger partial charge in [0, 0.05) is 5.92 Å². The zero-order valence-corrected chi connectivity index (χ0v) is 17.5. The van der Waals surface area contributed by atoms with E-state index in [-0.39, 0.29) is 19.1 Å². The molecule has 0 aliphatic heterocycles. The molecule has 2 N–H and O–H groups in total. The Labute approximate surface area is 182 Å². The van der Waals surface area contributed by atoms with Crippen LogP contribution in [0.4, 0.5) is 4.79 Å². The maximum atomic E-state index is 13.0. The summed E-state index contributed by atoms with van der Waals surface area (Å²) in [4.78, 5) is 27.0. The smallest absolute Gasteiger partial charge is 0.416 e. The first kappa shape index (κ1) is 20.8. The summed E-state index contributed by atoms with van der Waals surface area (Å²) in [5, 5.41) is 0. The number of nitrogens with zero attached hydrogens (tertiary/aromatic N) is 1. The van der Waals surface area contributed by atoms with Crippen LogP contribution in [0, 0.1) is 0 Å². The molecule has 1 aliphatic rings. The van der Waals surface area contributed by atoms with E-state index in [1.165, 1.54) is 0 Å². The molecular weight excluding hydrogens is 388 g/mol. The predicted octanol–water partition coefficient (Wildman–Crippen LogP) is 4.70. The molecule has 2 amide bonds. The number of nitrogens with two attached hydrogens (primary N) is 1. The van der Waals surface area contributed by atoms with Crippen LogP contribution < -0.4 is 5.73 Å². The summed E-state index contributed by atoms with van der Waals surface area (Å²) >= 11 is 0. The number of fused-ring (bicyclic) bond motifs is 3. The molecule has 1 unspecified atom stereocenters. The minimum Gasteiger partial charge on any atom is -0.448 e. The van der Waals surface area contributed by atoms with Crippen LogP contribution in [0.1, 0.15) is 36.0 Å². The maximum Gasteiger partial charge on any atom is 0.416 e. The molecule has 158 valence electrons. The van der Waals surface area contributed by atoms with Gasteiger partial charge in [-0.25, -0.2) is 9.69 Å². The Hall–Kier alpha value is -3.44. The third-order valence-corrected chi connectivity index (χ3v) is 5.76. The van der Waals surface area contributed by atoms with Crippen molar-refractivity contribution < 1.29 is 14.3 Å². The molecule has 0 fully saturated rings. The quantitative estimate of drug-likeness (QED) is 0.634. The molecule has 3 aromatic carbocycles. The molecule has 0 saturated heterocycles. The first-order valence-electron chi connectivity index (χ1n) is 10.6. The SMILES string of the molecule is CCC(N)C(=O)N(Cc1ccccc1)C(=O)OCC1c2ccccc2-c2ccccc21. The second-order valence-corrected chi connectivity index (χ2v) is 7.73. The summed E-state index contributed by atoms with van der Waals surface area (Å²) in [6.07, 6.45) is -0.222. The van der Waals surface area contributed by atoms with E-state index in [2.05, 4.69) is 24.3 Å². The zero-order chi connectivity index (χ0) is 21.8. The fourth-order valence-electron chi connectivity index (χ4n) is 4.05. The molecular formula is C26H26N2O3. The van der Waals surface area contributed by atoms with Crippen LogP contribution in [0.15, 0.2) is 78.9 Å². The lowest BCUT2D eigenvalue weighted by molar-refractivity contribution is -0.131. The van der Waals surface area contributed by atoms with Crippen LogP contribution in [-0.2, 0) is 16.1 Å². The highest BCUT2D eigenvalue weighted by molar-refractivity contribution is 5.95. The van der Waals surface area contributed by atoms with Crippen molar-refractivity contribution >= 4 is 12.0 Å². The number of ether oxygens (including phenoxy) is 1. The molecule has 0 saturated carbocycles. The van der Waals surface area contributed by atoms with E-state index in [1.807, 2.05) is 61.5 Å².